The molecule has 8 heteroatoms. The number of nitrogens with one attached hydrogen (secondary N) is 1. The fourth-order valence-corrected chi connectivity index (χ4v) is 4.53. The number of aromatic amines is 1. The maximum atomic E-state index is 12.9. The van der Waals surface area contributed by atoms with Crippen molar-refractivity contribution in [3.8, 4) is 0 Å². The molecule has 0 unspecified atom stereocenters. The van der Waals surface area contributed by atoms with E-state index in [0.29, 0.717) is 11.5 Å². The van der Waals surface area contributed by atoms with E-state index in [-0.39, 0.29) is 18.6 Å². The van der Waals surface area contributed by atoms with Crippen LogP contribution in [0.25, 0.3) is 0 Å². The number of H-pyrrole nitrogens is 1. The highest BCUT2D eigenvalue weighted by atomic mass is 32.2. The van der Waals surface area contributed by atoms with Crippen LogP contribution in [0.3, 0.4) is 0 Å². The highest BCUT2D eigenvalue weighted by Gasteiger charge is 2.35. The third-order valence-electron chi connectivity index (χ3n) is 4.46. The molecule has 24 heavy (non-hydrogen) atoms. The largest absolute Gasteiger partial charge is 0.376 e. The Bertz CT molecular complexity index is 805. The summed E-state index contributed by atoms with van der Waals surface area (Å²) < 4.78 is 33.0. The molecule has 3 rings (SSSR count). The SMILES string of the molecule is Cc1ccc(C)c(S(=O)(=O)N(C)C[C@H]2OCC[C@H]2c2ncn[nH]2)c1. The molecular formula is C16H22N4O3S. The summed E-state index contributed by atoms with van der Waals surface area (Å²) >= 11 is 0. The summed E-state index contributed by atoms with van der Waals surface area (Å²) in [6, 6.07) is 5.46. The van der Waals surface area contributed by atoms with Crippen LogP contribution >= 0.6 is 0 Å². The van der Waals surface area contributed by atoms with Crippen molar-refractivity contribution in [2.75, 3.05) is 20.2 Å². The Morgan fingerprint density at radius 3 is 2.88 bits per heavy atom. The third kappa shape index (κ3) is 3.22. The number of benzene rings is 1. The standard InChI is InChI=1S/C16H22N4O3S/c1-11-4-5-12(2)15(8-11)24(21,22)20(3)9-14-13(6-7-23-14)16-17-10-18-19-16/h4-5,8,10,13-14H,6-7,9H2,1-3H3,(H,17,18,19)/t13-,14-/m1/s1. The number of nitrogens with zero attached hydrogens (tertiary/aromatic N) is 3. The van der Waals surface area contributed by atoms with Gasteiger partial charge >= 0.3 is 0 Å². The van der Waals surface area contributed by atoms with Crippen LogP contribution in [-0.4, -0.2) is 54.2 Å². The molecule has 130 valence electrons. The first-order chi connectivity index (χ1) is 11.4. The van der Waals surface area contributed by atoms with Crippen LogP contribution in [0.4, 0.5) is 0 Å². The number of likely N-dealkylation sites (N-methyl/N-ethyl adjacent to an activating group) is 1. The van der Waals surface area contributed by atoms with E-state index in [0.717, 1.165) is 23.4 Å². The van der Waals surface area contributed by atoms with E-state index in [2.05, 4.69) is 15.2 Å². The molecule has 1 fully saturated rings. The van der Waals surface area contributed by atoms with Gasteiger partial charge in [-0.1, -0.05) is 12.1 Å². The van der Waals surface area contributed by atoms with Gasteiger partial charge in [0.05, 0.1) is 11.0 Å². The smallest absolute Gasteiger partial charge is 0.243 e. The Kier molecular flexibility index (Phi) is 4.71. The normalized spacial score (nSPS) is 21.5. The fraction of sp³-hybridized carbons (Fsp3) is 0.500. The summed E-state index contributed by atoms with van der Waals surface area (Å²) in [7, 11) is -1.97. The van der Waals surface area contributed by atoms with Crippen LogP contribution in [0.5, 0.6) is 0 Å². The van der Waals surface area contributed by atoms with E-state index in [1.54, 1.807) is 13.1 Å². The topological polar surface area (TPSA) is 88.2 Å². The van der Waals surface area contributed by atoms with Crippen molar-refractivity contribution in [1.82, 2.24) is 19.5 Å². The number of aromatic nitrogens is 3. The molecule has 7 nitrogen and oxygen atoms in total. The Balaban J connectivity index is 1.81. The lowest BCUT2D eigenvalue weighted by Gasteiger charge is -2.24. The fourth-order valence-electron chi connectivity index (χ4n) is 3.04. The van der Waals surface area contributed by atoms with Gasteiger partial charge in [-0.15, -0.1) is 0 Å². The number of sulfonamides is 1. The number of hydrogen-bond donors (Lipinski definition) is 1. The number of hydrogen-bond acceptors (Lipinski definition) is 5. The molecular weight excluding hydrogens is 328 g/mol. The maximum absolute atomic E-state index is 12.9. The Labute approximate surface area is 142 Å². The zero-order valence-corrected chi connectivity index (χ0v) is 14.9. The average Bonchev–Trinajstić information content (AvgIpc) is 3.20. The summed E-state index contributed by atoms with van der Waals surface area (Å²) in [5.41, 5.74) is 1.66. The second-order valence-electron chi connectivity index (χ2n) is 6.23. The molecule has 2 heterocycles. The summed E-state index contributed by atoms with van der Waals surface area (Å²) in [6.07, 6.45) is 2.03. The van der Waals surface area contributed by atoms with Gasteiger partial charge in [0.15, 0.2) is 0 Å². The van der Waals surface area contributed by atoms with Gasteiger partial charge in [-0.25, -0.2) is 13.4 Å². The molecule has 1 aliphatic rings. The molecule has 0 amide bonds. The zero-order valence-electron chi connectivity index (χ0n) is 14.1. The van der Waals surface area contributed by atoms with Crippen LogP contribution in [0.15, 0.2) is 29.4 Å². The second-order valence-corrected chi connectivity index (χ2v) is 8.24. The van der Waals surface area contributed by atoms with Gasteiger partial charge in [-0.05, 0) is 37.5 Å². The molecule has 2 atom stereocenters. The van der Waals surface area contributed by atoms with Crippen LogP contribution in [0, 0.1) is 13.8 Å². The molecule has 1 aromatic heterocycles. The van der Waals surface area contributed by atoms with Gasteiger partial charge in [0.1, 0.15) is 12.2 Å². The van der Waals surface area contributed by atoms with Gasteiger partial charge < -0.3 is 4.74 Å². The first-order valence-corrected chi connectivity index (χ1v) is 9.34. The Hall–Kier alpha value is -1.77. The van der Waals surface area contributed by atoms with E-state index in [1.807, 2.05) is 26.0 Å². The molecule has 1 aliphatic heterocycles. The molecule has 1 aromatic carbocycles. The number of ether oxygens (including phenoxy) is 1. The molecule has 1 saturated heterocycles. The van der Waals surface area contributed by atoms with Crippen LogP contribution in [-0.2, 0) is 14.8 Å². The van der Waals surface area contributed by atoms with E-state index < -0.39 is 10.0 Å². The second kappa shape index (κ2) is 6.62. The minimum atomic E-state index is -3.56. The lowest BCUT2D eigenvalue weighted by atomic mass is 10.0. The summed E-state index contributed by atoms with van der Waals surface area (Å²) in [5.74, 6) is 0.777. The van der Waals surface area contributed by atoms with Crippen LogP contribution < -0.4 is 0 Å². The van der Waals surface area contributed by atoms with Crippen molar-refractivity contribution in [1.29, 1.82) is 0 Å². The minimum absolute atomic E-state index is 0.0313. The van der Waals surface area contributed by atoms with E-state index in [1.165, 1.54) is 10.6 Å². The first kappa shape index (κ1) is 17.1. The maximum Gasteiger partial charge on any atom is 0.243 e. The molecule has 0 bridgehead atoms. The summed E-state index contributed by atoms with van der Waals surface area (Å²) in [4.78, 5) is 4.53. The molecule has 0 saturated carbocycles. The van der Waals surface area contributed by atoms with Gasteiger partial charge in [0, 0.05) is 26.1 Å². The van der Waals surface area contributed by atoms with Crippen LogP contribution in [0.2, 0.25) is 0 Å². The van der Waals surface area contributed by atoms with Crippen molar-refractivity contribution in [2.45, 2.75) is 37.2 Å². The lowest BCUT2D eigenvalue weighted by molar-refractivity contribution is 0.0894. The quantitative estimate of drug-likeness (QED) is 0.885. The molecule has 0 radical (unpaired) electrons. The van der Waals surface area contributed by atoms with Crippen LogP contribution in [0.1, 0.15) is 29.3 Å². The third-order valence-corrected chi connectivity index (χ3v) is 6.43. The first-order valence-electron chi connectivity index (χ1n) is 7.90. The Morgan fingerprint density at radius 2 is 2.17 bits per heavy atom. The predicted molar refractivity (Wildman–Crippen MR) is 89.2 cm³/mol. The number of aryl methyl sites for hydroxylation is 2. The predicted octanol–water partition coefficient (Wildman–Crippen LogP) is 1.61. The van der Waals surface area contributed by atoms with Crippen molar-refractivity contribution in [3.63, 3.8) is 0 Å². The van der Waals surface area contributed by atoms with E-state index >= 15 is 0 Å². The highest BCUT2D eigenvalue weighted by Crippen LogP contribution is 2.30. The van der Waals surface area contributed by atoms with Gasteiger partial charge in [-0.3, -0.25) is 5.10 Å². The summed E-state index contributed by atoms with van der Waals surface area (Å²) in [5, 5.41) is 6.73. The molecule has 2 aromatic rings. The van der Waals surface area contributed by atoms with Gasteiger partial charge in [-0.2, -0.15) is 9.40 Å². The van der Waals surface area contributed by atoms with Gasteiger partial charge in [0.2, 0.25) is 10.0 Å². The van der Waals surface area contributed by atoms with Crippen molar-refractivity contribution >= 4 is 10.0 Å². The lowest BCUT2D eigenvalue weighted by Crippen LogP contribution is -2.36. The average molecular weight is 350 g/mol. The van der Waals surface area contributed by atoms with Gasteiger partial charge in [0.25, 0.3) is 0 Å². The molecule has 1 N–H and O–H groups in total. The zero-order chi connectivity index (χ0) is 17.3. The van der Waals surface area contributed by atoms with Crippen molar-refractivity contribution in [2.24, 2.45) is 0 Å². The van der Waals surface area contributed by atoms with E-state index in [9.17, 15) is 8.42 Å². The minimum Gasteiger partial charge on any atom is -0.376 e. The molecule has 0 spiro atoms. The number of rotatable bonds is 5. The Morgan fingerprint density at radius 1 is 1.38 bits per heavy atom. The van der Waals surface area contributed by atoms with Crippen molar-refractivity contribution < 1.29 is 13.2 Å². The van der Waals surface area contributed by atoms with E-state index in [4.69, 9.17) is 4.74 Å². The molecule has 0 aliphatic carbocycles. The summed E-state index contributed by atoms with van der Waals surface area (Å²) in [6.45, 7) is 4.57. The van der Waals surface area contributed by atoms with Crippen molar-refractivity contribution in [3.05, 3.63) is 41.5 Å². The monoisotopic (exact) mass is 350 g/mol. The highest BCUT2D eigenvalue weighted by molar-refractivity contribution is 7.89.